The number of benzene rings is 1. The average Bonchev–Trinajstić information content (AvgIpc) is 2.98. The lowest BCUT2D eigenvalue weighted by molar-refractivity contribution is 0.0935. The van der Waals surface area contributed by atoms with Crippen molar-refractivity contribution in [2.75, 3.05) is 18.4 Å². The van der Waals surface area contributed by atoms with E-state index in [-0.39, 0.29) is 28.1 Å². The molecule has 3 amide bonds. The van der Waals surface area contributed by atoms with E-state index >= 15 is 0 Å². The smallest absolute Gasteiger partial charge is 0.316 e. The standard InChI is InChI=1S/C17H18F2N4O2S/c18-9-3-4-11(12(19)6-9)14-7-13(23-17(20)25)15(26-14)16(24)22-10-2-1-5-21-8-10/h3-4,6-7,10,21H,1-2,5,8H2,(H,22,24)(H3,20,23,25)/t10-/m0/s1. The molecule has 3 rings (SSSR count). The molecule has 6 nitrogen and oxygen atoms in total. The molecule has 0 saturated carbocycles. The van der Waals surface area contributed by atoms with E-state index in [9.17, 15) is 18.4 Å². The molecule has 9 heteroatoms. The quantitative estimate of drug-likeness (QED) is 0.657. The van der Waals surface area contributed by atoms with Crippen LogP contribution in [0.25, 0.3) is 10.4 Å². The predicted molar refractivity (Wildman–Crippen MR) is 96.2 cm³/mol. The van der Waals surface area contributed by atoms with E-state index in [4.69, 9.17) is 5.73 Å². The van der Waals surface area contributed by atoms with Crippen molar-refractivity contribution in [2.45, 2.75) is 18.9 Å². The third-order valence-corrected chi connectivity index (χ3v) is 5.19. The molecule has 0 radical (unpaired) electrons. The van der Waals surface area contributed by atoms with Crippen LogP contribution in [0.4, 0.5) is 19.3 Å². The van der Waals surface area contributed by atoms with Gasteiger partial charge in [0.2, 0.25) is 0 Å². The summed E-state index contributed by atoms with van der Waals surface area (Å²) in [4.78, 5) is 24.5. The van der Waals surface area contributed by atoms with Crippen LogP contribution in [0.5, 0.6) is 0 Å². The lowest BCUT2D eigenvalue weighted by atomic mass is 10.1. The first kappa shape index (κ1) is 18.3. The lowest BCUT2D eigenvalue weighted by Crippen LogP contribution is -2.45. The van der Waals surface area contributed by atoms with Crippen molar-refractivity contribution >= 4 is 29.0 Å². The average molecular weight is 380 g/mol. The van der Waals surface area contributed by atoms with Gasteiger partial charge in [0.1, 0.15) is 16.5 Å². The molecule has 1 aromatic heterocycles. The number of primary amides is 1. The van der Waals surface area contributed by atoms with Crippen LogP contribution in [0.15, 0.2) is 24.3 Å². The fourth-order valence-corrected chi connectivity index (χ4v) is 3.88. The molecule has 1 aliphatic heterocycles. The Kier molecular flexibility index (Phi) is 5.48. The van der Waals surface area contributed by atoms with Crippen LogP contribution in [0.3, 0.4) is 0 Å². The van der Waals surface area contributed by atoms with Crippen molar-refractivity contribution in [3.8, 4) is 10.4 Å². The molecule has 1 aromatic carbocycles. The van der Waals surface area contributed by atoms with Crippen LogP contribution in [0.1, 0.15) is 22.5 Å². The largest absolute Gasteiger partial charge is 0.351 e. The summed E-state index contributed by atoms with van der Waals surface area (Å²) in [6.45, 7) is 1.57. The maximum absolute atomic E-state index is 14.1. The van der Waals surface area contributed by atoms with Crippen molar-refractivity contribution in [1.82, 2.24) is 10.6 Å². The van der Waals surface area contributed by atoms with E-state index in [2.05, 4.69) is 16.0 Å². The van der Waals surface area contributed by atoms with Crippen molar-refractivity contribution in [3.05, 3.63) is 40.8 Å². The molecule has 2 heterocycles. The number of carbonyl (C=O) groups is 2. The van der Waals surface area contributed by atoms with Crippen LogP contribution in [0, 0.1) is 11.6 Å². The molecule has 26 heavy (non-hydrogen) atoms. The first-order valence-electron chi connectivity index (χ1n) is 8.11. The Morgan fingerprint density at radius 2 is 2.08 bits per heavy atom. The Balaban J connectivity index is 1.91. The molecular weight excluding hydrogens is 362 g/mol. The van der Waals surface area contributed by atoms with Gasteiger partial charge in [0.25, 0.3) is 5.91 Å². The summed E-state index contributed by atoms with van der Waals surface area (Å²) in [5.74, 6) is -1.82. The van der Waals surface area contributed by atoms with Gasteiger partial charge in [-0.3, -0.25) is 4.79 Å². The van der Waals surface area contributed by atoms with Crippen LogP contribution in [0.2, 0.25) is 0 Å². The molecule has 5 N–H and O–H groups in total. The minimum atomic E-state index is -0.831. The van der Waals surface area contributed by atoms with Gasteiger partial charge in [0.15, 0.2) is 0 Å². The number of hydrogen-bond acceptors (Lipinski definition) is 4. The molecule has 0 bridgehead atoms. The molecule has 2 aromatic rings. The Hall–Kier alpha value is -2.52. The fourth-order valence-electron chi connectivity index (χ4n) is 2.83. The van der Waals surface area contributed by atoms with Crippen LogP contribution in [-0.2, 0) is 0 Å². The summed E-state index contributed by atoms with van der Waals surface area (Å²) in [5.41, 5.74) is 5.50. The zero-order valence-corrected chi connectivity index (χ0v) is 14.6. The SMILES string of the molecule is NC(=O)Nc1cc(-c2ccc(F)cc2F)sc1C(=O)N[C@H]1CCCNC1. The first-order chi connectivity index (χ1) is 12.4. The Morgan fingerprint density at radius 1 is 1.27 bits per heavy atom. The number of thiophene rings is 1. The molecule has 1 aliphatic rings. The minimum Gasteiger partial charge on any atom is -0.351 e. The number of piperidine rings is 1. The summed E-state index contributed by atoms with van der Waals surface area (Å²) >= 11 is 1.01. The maximum Gasteiger partial charge on any atom is 0.316 e. The summed E-state index contributed by atoms with van der Waals surface area (Å²) < 4.78 is 27.2. The molecule has 1 atom stereocenters. The molecular formula is C17H18F2N4O2S. The number of rotatable bonds is 4. The lowest BCUT2D eigenvalue weighted by Gasteiger charge is -2.23. The predicted octanol–water partition coefficient (Wildman–Crippen LogP) is 2.67. The topological polar surface area (TPSA) is 96.2 Å². The monoisotopic (exact) mass is 380 g/mol. The number of amides is 3. The number of carbonyl (C=O) groups excluding carboxylic acids is 2. The van der Waals surface area contributed by atoms with E-state index in [1.54, 1.807) is 0 Å². The summed E-state index contributed by atoms with van der Waals surface area (Å²) in [6.07, 6.45) is 1.80. The van der Waals surface area contributed by atoms with Crippen LogP contribution >= 0.6 is 11.3 Å². The van der Waals surface area contributed by atoms with E-state index in [0.717, 1.165) is 42.9 Å². The van der Waals surface area contributed by atoms with Gasteiger partial charge in [0.05, 0.1) is 5.69 Å². The maximum atomic E-state index is 14.1. The molecule has 0 unspecified atom stereocenters. The highest BCUT2D eigenvalue weighted by molar-refractivity contribution is 7.18. The molecule has 1 fully saturated rings. The zero-order chi connectivity index (χ0) is 18.7. The third kappa shape index (κ3) is 4.17. The van der Waals surface area contributed by atoms with Gasteiger partial charge in [-0.2, -0.15) is 0 Å². The normalized spacial score (nSPS) is 16.9. The van der Waals surface area contributed by atoms with Gasteiger partial charge in [-0.05, 0) is 37.6 Å². The van der Waals surface area contributed by atoms with Crippen molar-refractivity contribution in [2.24, 2.45) is 5.73 Å². The highest BCUT2D eigenvalue weighted by atomic mass is 32.1. The molecule has 1 saturated heterocycles. The second kappa shape index (κ2) is 7.79. The fraction of sp³-hybridized carbons (Fsp3) is 0.294. The first-order valence-corrected chi connectivity index (χ1v) is 8.93. The number of urea groups is 1. The third-order valence-electron chi connectivity index (χ3n) is 4.02. The summed E-state index contributed by atoms with van der Waals surface area (Å²) in [6, 6.07) is 3.79. The van der Waals surface area contributed by atoms with Crippen LogP contribution < -0.4 is 21.7 Å². The van der Waals surface area contributed by atoms with Crippen LogP contribution in [-0.4, -0.2) is 31.1 Å². The summed E-state index contributed by atoms with van der Waals surface area (Å²) in [5, 5.41) is 8.49. The number of anilines is 1. The number of hydrogen-bond donors (Lipinski definition) is 4. The van der Waals surface area contributed by atoms with Gasteiger partial charge in [-0.1, -0.05) is 0 Å². The van der Waals surface area contributed by atoms with Gasteiger partial charge in [-0.25, -0.2) is 13.6 Å². The highest BCUT2D eigenvalue weighted by Gasteiger charge is 2.23. The molecule has 138 valence electrons. The highest BCUT2D eigenvalue weighted by Crippen LogP contribution is 2.36. The van der Waals surface area contributed by atoms with Gasteiger partial charge in [0, 0.05) is 29.1 Å². The second-order valence-electron chi connectivity index (χ2n) is 5.98. The Bertz CT molecular complexity index is 834. The molecule has 0 spiro atoms. The van der Waals surface area contributed by atoms with E-state index in [0.29, 0.717) is 11.4 Å². The van der Waals surface area contributed by atoms with E-state index in [1.165, 1.54) is 12.1 Å². The number of halogens is 2. The van der Waals surface area contributed by atoms with Crippen molar-refractivity contribution in [1.29, 1.82) is 0 Å². The van der Waals surface area contributed by atoms with Crippen molar-refractivity contribution in [3.63, 3.8) is 0 Å². The molecule has 0 aliphatic carbocycles. The van der Waals surface area contributed by atoms with Gasteiger partial charge in [-0.15, -0.1) is 11.3 Å². The number of nitrogens with two attached hydrogens (primary N) is 1. The van der Waals surface area contributed by atoms with E-state index in [1.807, 2.05) is 0 Å². The second-order valence-corrected chi connectivity index (χ2v) is 7.04. The Labute approximate surface area is 152 Å². The Morgan fingerprint density at radius 3 is 2.73 bits per heavy atom. The van der Waals surface area contributed by atoms with Crippen molar-refractivity contribution < 1.29 is 18.4 Å². The summed E-state index contributed by atoms with van der Waals surface area (Å²) in [7, 11) is 0. The minimum absolute atomic E-state index is 0.0224. The van der Waals surface area contributed by atoms with E-state index < -0.39 is 17.7 Å². The zero-order valence-electron chi connectivity index (χ0n) is 13.8. The van der Waals surface area contributed by atoms with Gasteiger partial charge < -0.3 is 21.7 Å². The number of nitrogens with one attached hydrogen (secondary N) is 3. The van der Waals surface area contributed by atoms with Gasteiger partial charge >= 0.3 is 6.03 Å².